The molecule has 24 heavy (non-hydrogen) atoms. The third kappa shape index (κ3) is 2.40. The maximum Gasteiger partial charge on any atom is 0.433 e. The predicted molar refractivity (Wildman–Crippen MR) is 76.3 cm³/mol. The molecule has 3 aliphatic heterocycles. The third-order valence-corrected chi connectivity index (χ3v) is 4.46. The molecule has 0 aliphatic carbocycles. The predicted octanol–water partition coefficient (Wildman–Crippen LogP) is 2.19. The van der Waals surface area contributed by atoms with Crippen LogP contribution in [0, 0.1) is 0 Å². The average Bonchev–Trinajstić information content (AvgIpc) is 3.09. The highest BCUT2D eigenvalue weighted by atomic mass is 19.4. The van der Waals surface area contributed by atoms with Crippen molar-refractivity contribution in [3.05, 3.63) is 42.2 Å². The van der Waals surface area contributed by atoms with E-state index < -0.39 is 11.9 Å². The Kier molecular flexibility index (Phi) is 3.26. The highest BCUT2D eigenvalue weighted by Crippen LogP contribution is 2.36. The second kappa shape index (κ2) is 5.22. The van der Waals surface area contributed by atoms with Gasteiger partial charge < -0.3 is 14.2 Å². The second-order valence-electron chi connectivity index (χ2n) is 5.93. The lowest BCUT2D eigenvalue weighted by Crippen LogP contribution is -2.70. The summed E-state index contributed by atoms with van der Waals surface area (Å²) in [6.07, 6.45) is 0.104. The molecule has 3 fully saturated rings. The van der Waals surface area contributed by atoms with Gasteiger partial charge in [0.05, 0.1) is 23.9 Å². The standard InChI is InChI=1S/C15H13F3N4O2/c16-15(17,18)12-4-13(20-8-19-12)21-5-10-3-11(6-21)22(10)14(23)9-1-2-24-7-9/h1-2,4,7-8,10-11H,3,5-6H2. The Morgan fingerprint density at radius 2 is 2.00 bits per heavy atom. The van der Waals surface area contributed by atoms with Crippen LogP contribution in [0.3, 0.4) is 0 Å². The fraction of sp³-hybridized carbons (Fsp3) is 0.400. The van der Waals surface area contributed by atoms with Gasteiger partial charge in [0, 0.05) is 19.2 Å². The quantitative estimate of drug-likeness (QED) is 0.840. The third-order valence-electron chi connectivity index (χ3n) is 4.46. The van der Waals surface area contributed by atoms with Gasteiger partial charge in [-0.2, -0.15) is 13.2 Å². The number of hydrogen-bond donors (Lipinski definition) is 0. The number of halogens is 3. The summed E-state index contributed by atoms with van der Waals surface area (Å²) in [4.78, 5) is 23.2. The molecule has 0 saturated carbocycles. The van der Waals surface area contributed by atoms with Crippen molar-refractivity contribution in [1.82, 2.24) is 14.9 Å². The summed E-state index contributed by atoms with van der Waals surface area (Å²) in [7, 11) is 0. The number of piperazine rings is 1. The van der Waals surface area contributed by atoms with Crippen molar-refractivity contribution in [3.8, 4) is 0 Å². The zero-order valence-corrected chi connectivity index (χ0v) is 12.4. The lowest BCUT2D eigenvalue weighted by Gasteiger charge is -2.56. The monoisotopic (exact) mass is 338 g/mol. The van der Waals surface area contributed by atoms with E-state index in [1.54, 1.807) is 15.9 Å². The number of nitrogens with zero attached hydrogens (tertiary/aromatic N) is 4. The fourth-order valence-electron chi connectivity index (χ4n) is 3.34. The van der Waals surface area contributed by atoms with Crippen molar-refractivity contribution in [2.75, 3.05) is 18.0 Å². The Labute approximate surface area is 134 Å². The van der Waals surface area contributed by atoms with Crippen molar-refractivity contribution >= 4 is 11.7 Å². The number of carbonyl (C=O) groups excluding carboxylic acids is 1. The van der Waals surface area contributed by atoms with Gasteiger partial charge in [-0.25, -0.2) is 9.97 Å². The summed E-state index contributed by atoms with van der Waals surface area (Å²) >= 11 is 0. The van der Waals surface area contributed by atoms with Crippen LogP contribution in [-0.2, 0) is 6.18 Å². The Balaban J connectivity index is 1.50. The van der Waals surface area contributed by atoms with Crippen LogP contribution in [0.15, 0.2) is 35.4 Å². The van der Waals surface area contributed by atoms with E-state index in [2.05, 4.69) is 9.97 Å². The fourth-order valence-corrected chi connectivity index (χ4v) is 3.34. The van der Waals surface area contributed by atoms with Crippen molar-refractivity contribution < 1.29 is 22.4 Å². The Morgan fingerprint density at radius 1 is 1.25 bits per heavy atom. The molecule has 2 aromatic rings. The second-order valence-corrected chi connectivity index (χ2v) is 5.93. The Bertz CT molecular complexity index is 750. The van der Waals surface area contributed by atoms with Gasteiger partial charge in [0.15, 0.2) is 0 Å². The van der Waals surface area contributed by atoms with Gasteiger partial charge in [-0.15, -0.1) is 0 Å². The molecule has 0 N–H and O–H groups in total. The first-order valence-electron chi connectivity index (χ1n) is 7.42. The molecule has 2 bridgehead atoms. The van der Waals surface area contributed by atoms with Crippen molar-refractivity contribution in [3.63, 3.8) is 0 Å². The van der Waals surface area contributed by atoms with Gasteiger partial charge in [-0.05, 0) is 12.5 Å². The van der Waals surface area contributed by atoms with E-state index in [1.807, 2.05) is 0 Å². The summed E-state index contributed by atoms with van der Waals surface area (Å²) in [6, 6.07) is 2.49. The van der Waals surface area contributed by atoms with E-state index in [1.165, 1.54) is 12.5 Å². The highest BCUT2D eigenvalue weighted by molar-refractivity contribution is 5.95. The number of hydrogen-bond acceptors (Lipinski definition) is 5. The molecule has 2 unspecified atom stereocenters. The summed E-state index contributed by atoms with van der Waals surface area (Å²) in [6.45, 7) is 0.906. The lowest BCUT2D eigenvalue weighted by molar-refractivity contribution is -0.141. The Hall–Kier alpha value is -2.58. The number of piperidine rings is 1. The molecule has 1 amide bonds. The number of fused-ring (bicyclic) bond motifs is 2. The van der Waals surface area contributed by atoms with Crippen LogP contribution in [-0.4, -0.2) is 45.9 Å². The number of anilines is 1. The molecule has 5 heterocycles. The van der Waals surface area contributed by atoms with Gasteiger partial charge in [-0.1, -0.05) is 0 Å². The van der Waals surface area contributed by atoms with Crippen LogP contribution in [0.25, 0.3) is 0 Å². The van der Waals surface area contributed by atoms with E-state index in [-0.39, 0.29) is 23.8 Å². The van der Waals surface area contributed by atoms with Crippen LogP contribution in [0.1, 0.15) is 22.5 Å². The first-order chi connectivity index (χ1) is 11.4. The number of amides is 1. The average molecular weight is 338 g/mol. The molecule has 0 aromatic carbocycles. The van der Waals surface area contributed by atoms with Crippen LogP contribution in [0.5, 0.6) is 0 Å². The minimum Gasteiger partial charge on any atom is -0.472 e. The van der Waals surface area contributed by atoms with E-state index in [9.17, 15) is 18.0 Å². The van der Waals surface area contributed by atoms with Crippen LogP contribution in [0.2, 0.25) is 0 Å². The molecule has 5 rings (SSSR count). The number of alkyl halides is 3. The SMILES string of the molecule is O=C(c1ccoc1)N1C2CC1CN(c1cc(C(F)(F)F)ncn1)C2. The molecule has 2 atom stereocenters. The van der Waals surface area contributed by atoms with Crippen LogP contribution in [0.4, 0.5) is 19.0 Å². The molecule has 126 valence electrons. The first kappa shape index (κ1) is 15.0. The van der Waals surface area contributed by atoms with Gasteiger partial charge in [0.1, 0.15) is 24.1 Å². The minimum absolute atomic E-state index is 0.0320. The molecule has 3 saturated heterocycles. The van der Waals surface area contributed by atoms with Crippen LogP contribution < -0.4 is 4.90 Å². The summed E-state index contributed by atoms with van der Waals surface area (Å²) < 4.78 is 43.3. The van der Waals surface area contributed by atoms with Crippen molar-refractivity contribution in [1.29, 1.82) is 0 Å². The molecule has 2 aromatic heterocycles. The van der Waals surface area contributed by atoms with E-state index in [0.29, 0.717) is 18.7 Å². The summed E-state index contributed by atoms with van der Waals surface area (Å²) in [5.41, 5.74) is -0.474. The first-order valence-corrected chi connectivity index (χ1v) is 7.42. The van der Waals surface area contributed by atoms with Gasteiger partial charge in [0.2, 0.25) is 0 Å². The Morgan fingerprint density at radius 3 is 2.62 bits per heavy atom. The molecule has 0 radical (unpaired) electrons. The number of rotatable bonds is 2. The summed E-state index contributed by atoms with van der Waals surface area (Å²) in [5.74, 6) is 0.130. The zero-order chi connectivity index (χ0) is 16.9. The van der Waals surface area contributed by atoms with Crippen molar-refractivity contribution in [2.45, 2.75) is 24.7 Å². The molecule has 3 aliphatic rings. The van der Waals surface area contributed by atoms with Gasteiger partial charge in [0.25, 0.3) is 5.91 Å². The minimum atomic E-state index is -4.50. The highest BCUT2D eigenvalue weighted by Gasteiger charge is 2.48. The molecule has 6 nitrogen and oxygen atoms in total. The van der Waals surface area contributed by atoms with Gasteiger partial charge in [-0.3, -0.25) is 4.79 Å². The smallest absolute Gasteiger partial charge is 0.433 e. The number of furan rings is 1. The lowest BCUT2D eigenvalue weighted by atomic mass is 9.86. The van der Waals surface area contributed by atoms with Gasteiger partial charge >= 0.3 is 6.18 Å². The molecular weight excluding hydrogens is 325 g/mol. The zero-order valence-electron chi connectivity index (χ0n) is 12.4. The maximum absolute atomic E-state index is 12.8. The molecule has 9 heteroatoms. The van der Waals surface area contributed by atoms with Crippen molar-refractivity contribution in [2.24, 2.45) is 0 Å². The topological polar surface area (TPSA) is 62.5 Å². The normalized spacial score (nSPS) is 23.1. The molecule has 0 spiro atoms. The number of aromatic nitrogens is 2. The van der Waals surface area contributed by atoms with Crippen LogP contribution >= 0.6 is 0 Å². The number of carbonyl (C=O) groups is 1. The summed E-state index contributed by atoms with van der Waals surface area (Å²) in [5, 5.41) is 0. The van der Waals surface area contributed by atoms with E-state index >= 15 is 0 Å². The largest absolute Gasteiger partial charge is 0.472 e. The van der Waals surface area contributed by atoms with E-state index in [4.69, 9.17) is 4.42 Å². The van der Waals surface area contributed by atoms with E-state index in [0.717, 1.165) is 18.8 Å². The maximum atomic E-state index is 12.8. The molecular formula is C15H13F3N4O2.